The molecule has 1 aliphatic rings. The van der Waals surface area contributed by atoms with E-state index in [0.29, 0.717) is 13.1 Å². The first-order valence-electron chi connectivity index (χ1n) is 9.98. The number of aromatic nitrogens is 3. The Kier molecular flexibility index (Phi) is 7.62. The second-order valence-corrected chi connectivity index (χ2v) is 7.71. The third kappa shape index (κ3) is 5.43. The van der Waals surface area contributed by atoms with Crippen molar-refractivity contribution in [2.45, 2.75) is 58.9 Å². The lowest BCUT2D eigenvalue weighted by Crippen LogP contribution is -2.49. The van der Waals surface area contributed by atoms with Gasteiger partial charge in [0.05, 0.1) is 5.41 Å². The van der Waals surface area contributed by atoms with Crippen LogP contribution in [0.1, 0.15) is 57.1 Å². The van der Waals surface area contributed by atoms with Crippen LogP contribution in [0.2, 0.25) is 0 Å². The predicted octanol–water partition coefficient (Wildman–Crippen LogP) is 1.61. The van der Waals surface area contributed by atoms with E-state index < -0.39 is 0 Å². The average Bonchev–Trinajstić information content (AvgIpc) is 3.25. The summed E-state index contributed by atoms with van der Waals surface area (Å²) >= 11 is 0. The van der Waals surface area contributed by atoms with Crippen molar-refractivity contribution in [3.63, 3.8) is 0 Å². The van der Waals surface area contributed by atoms with E-state index in [9.17, 15) is 4.79 Å². The smallest absolute Gasteiger partial charge is 0.230 e. The summed E-state index contributed by atoms with van der Waals surface area (Å²) < 4.78 is 1.95. The van der Waals surface area contributed by atoms with Gasteiger partial charge < -0.3 is 20.1 Å². The molecule has 8 heteroatoms. The number of nitrogens with one attached hydrogen (secondary N) is 2. The number of carbonyl (C=O) groups is 1. The molecule has 0 spiro atoms. The number of rotatable bonds is 8. The van der Waals surface area contributed by atoms with Crippen molar-refractivity contribution in [3.8, 4) is 0 Å². The van der Waals surface area contributed by atoms with Crippen LogP contribution in [0.4, 0.5) is 0 Å². The van der Waals surface area contributed by atoms with Gasteiger partial charge in [0.25, 0.3) is 0 Å². The van der Waals surface area contributed by atoms with E-state index in [-0.39, 0.29) is 11.3 Å². The first kappa shape index (κ1) is 21.2. The molecular formula is C19H35N7O. The first-order chi connectivity index (χ1) is 12.9. The lowest BCUT2D eigenvalue weighted by Gasteiger charge is -2.31. The number of hydrogen-bond donors (Lipinski definition) is 2. The number of aryl methyl sites for hydroxylation is 1. The molecule has 0 bridgehead atoms. The van der Waals surface area contributed by atoms with Crippen LogP contribution >= 0.6 is 0 Å². The number of nitrogens with zero attached hydrogens (tertiary/aromatic N) is 5. The molecule has 1 aliphatic carbocycles. The summed E-state index contributed by atoms with van der Waals surface area (Å²) in [7, 11) is 5.63. The Balaban J connectivity index is 2.07. The van der Waals surface area contributed by atoms with Crippen molar-refractivity contribution >= 4 is 11.9 Å². The van der Waals surface area contributed by atoms with Crippen molar-refractivity contribution in [2.24, 2.45) is 17.5 Å². The number of guanidine groups is 1. The van der Waals surface area contributed by atoms with Gasteiger partial charge in [0, 0.05) is 34.2 Å². The van der Waals surface area contributed by atoms with Gasteiger partial charge in [-0.25, -0.2) is 4.99 Å². The van der Waals surface area contributed by atoms with E-state index in [2.05, 4.69) is 32.7 Å². The summed E-state index contributed by atoms with van der Waals surface area (Å²) in [4.78, 5) is 19.2. The van der Waals surface area contributed by atoms with Gasteiger partial charge in [0.2, 0.25) is 5.91 Å². The first-order valence-corrected chi connectivity index (χ1v) is 9.98. The minimum absolute atomic E-state index is 0.212. The lowest BCUT2D eigenvalue weighted by atomic mass is 9.84. The molecule has 1 saturated carbocycles. The van der Waals surface area contributed by atoms with Gasteiger partial charge in [-0.1, -0.05) is 26.2 Å². The van der Waals surface area contributed by atoms with Crippen molar-refractivity contribution < 1.29 is 4.79 Å². The molecule has 1 aromatic rings. The van der Waals surface area contributed by atoms with Gasteiger partial charge in [-0.05, 0) is 26.2 Å². The van der Waals surface area contributed by atoms with E-state index in [1.165, 1.54) is 0 Å². The molecule has 0 unspecified atom stereocenters. The Hall–Kier alpha value is -2.12. The Morgan fingerprint density at radius 3 is 2.52 bits per heavy atom. The van der Waals surface area contributed by atoms with Crippen LogP contribution in [0.15, 0.2) is 4.99 Å². The van der Waals surface area contributed by atoms with Crippen molar-refractivity contribution in [3.05, 3.63) is 11.6 Å². The third-order valence-electron chi connectivity index (χ3n) is 5.40. The highest BCUT2D eigenvalue weighted by Gasteiger charge is 2.42. The second-order valence-electron chi connectivity index (χ2n) is 7.71. The van der Waals surface area contributed by atoms with Crippen molar-refractivity contribution in [1.29, 1.82) is 0 Å². The fourth-order valence-corrected chi connectivity index (χ4v) is 3.54. The normalized spacial score (nSPS) is 16.4. The minimum atomic E-state index is -0.321. The van der Waals surface area contributed by atoms with Gasteiger partial charge >= 0.3 is 0 Å². The zero-order valence-electron chi connectivity index (χ0n) is 17.5. The molecule has 0 radical (unpaired) electrons. The molecule has 2 rings (SSSR count). The highest BCUT2D eigenvalue weighted by Crippen LogP contribution is 2.38. The Morgan fingerprint density at radius 1 is 1.26 bits per heavy atom. The van der Waals surface area contributed by atoms with Crippen LogP contribution in [0.5, 0.6) is 0 Å². The monoisotopic (exact) mass is 377 g/mol. The van der Waals surface area contributed by atoms with Gasteiger partial charge in [-0.2, -0.15) is 0 Å². The summed E-state index contributed by atoms with van der Waals surface area (Å²) in [5.74, 6) is 2.64. The van der Waals surface area contributed by atoms with Gasteiger partial charge in [0.15, 0.2) is 11.8 Å². The summed E-state index contributed by atoms with van der Waals surface area (Å²) in [5, 5.41) is 15.1. The van der Waals surface area contributed by atoms with Crippen LogP contribution in [0, 0.1) is 12.3 Å². The van der Waals surface area contributed by atoms with E-state index >= 15 is 0 Å². The van der Waals surface area contributed by atoms with E-state index in [1.807, 2.05) is 32.6 Å². The Morgan fingerprint density at radius 2 is 1.96 bits per heavy atom. The molecule has 1 aromatic heterocycles. The van der Waals surface area contributed by atoms with E-state index in [4.69, 9.17) is 0 Å². The second kappa shape index (κ2) is 9.71. The topological polar surface area (TPSA) is 87.4 Å². The maximum atomic E-state index is 12.8. The zero-order chi connectivity index (χ0) is 19.9. The fraction of sp³-hybridized carbons (Fsp3) is 0.789. The van der Waals surface area contributed by atoms with Crippen molar-refractivity contribution in [2.75, 3.05) is 27.2 Å². The molecule has 1 fully saturated rings. The maximum Gasteiger partial charge on any atom is 0.230 e. The van der Waals surface area contributed by atoms with Crippen LogP contribution in [0.25, 0.3) is 0 Å². The molecular weight excluding hydrogens is 342 g/mol. The molecule has 2 N–H and O–H groups in total. The van der Waals surface area contributed by atoms with E-state index in [1.54, 1.807) is 4.90 Å². The van der Waals surface area contributed by atoms with Gasteiger partial charge in [-0.15, -0.1) is 10.2 Å². The standard InChI is InChI=1S/C19H35N7O/c1-6-7-12-20-18(21-13-16-24-23-15(2)26(16)5)22-14-19(10-8-9-11-19)17(27)25(3)4/h6-14H2,1-5H3,(H2,20,21,22). The predicted molar refractivity (Wildman–Crippen MR) is 107 cm³/mol. The Bertz CT molecular complexity index is 644. The van der Waals surface area contributed by atoms with E-state index in [0.717, 1.165) is 62.7 Å². The van der Waals surface area contributed by atoms with Crippen LogP contribution in [-0.4, -0.2) is 58.7 Å². The van der Waals surface area contributed by atoms with Crippen LogP contribution in [-0.2, 0) is 18.4 Å². The number of carbonyl (C=O) groups excluding carboxylic acids is 1. The zero-order valence-corrected chi connectivity index (χ0v) is 17.5. The molecule has 0 saturated heterocycles. The molecule has 27 heavy (non-hydrogen) atoms. The van der Waals surface area contributed by atoms with Crippen molar-refractivity contribution in [1.82, 2.24) is 30.3 Å². The highest BCUT2D eigenvalue weighted by atomic mass is 16.2. The lowest BCUT2D eigenvalue weighted by molar-refractivity contribution is -0.138. The molecule has 0 atom stereocenters. The quantitative estimate of drug-likeness (QED) is 0.408. The maximum absolute atomic E-state index is 12.8. The summed E-state index contributed by atoms with van der Waals surface area (Å²) in [5.41, 5.74) is -0.321. The SMILES string of the molecule is CCCCNC(=NCc1nnc(C)n1C)NCC1(C(=O)N(C)C)CCCC1. The third-order valence-corrected chi connectivity index (χ3v) is 5.40. The Labute approximate surface area is 162 Å². The minimum Gasteiger partial charge on any atom is -0.356 e. The summed E-state index contributed by atoms with van der Waals surface area (Å²) in [6.07, 6.45) is 6.27. The largest absolute Gasteiger partial charge is 0.356 e. The number of hydrogen-bond acceptors (Lipinski definition) is 4. The summed E-state index contributed by atoms with van der Waals surface area (Å²) in [6, 6.07) is 0. The molecule has 0 aliphatic heterocycles. The number of unbranched alkanes of at least 4 members (excludes halogenated alkanes) is 1. The molecule has 1 amide bonds. The van der Waals surface area contributed by atoms with Gasteiger partial charge in [-0.3, -0.25) is 4.79 Å². The number of aliphatic imine (C=N–C) groups is 1. The summed E-state index contributed by atoms with van der Waals surface area (Å²) in [6.45, 7) is 6.01. The number of amides is 1. The van der Waals surface area contributed by atoms with Crippen LogP contribution < -0.4 is 10.6 Å². The molecule has 1 heterocycles. The molecule has 0 aromatic carbocycles. The fourth-order valence-electron chi connectivity index (χ4n) is 3.54. The molecule has 8 nitrogen and oxygen atoms in total. The van der Waals surface area contributed by atoms with Crippen LogP contribution in [0.3, 0.4) is 0 Å². The highest BCUT2D eigenvalue weighted by molar-refractivity contribution is 5.85. The van der Waals surface area contributed by atoms with Gasteiger partial charge in [0.1, 0.15) is 12.4 Å². The average molecular weight is 378 g/mol. The molecule has 152 valence electrons.